The molecule has 0 saturated heterocycles. The second kappa shape index (κ2) is 9.74. The van der Waals surface area contributed by atoms with E-state index < -0.39 is 0 Å². The molecule has 4 nitrogen and oxygen atoms in total. The predicted molar refractivity (Wildman–Crippen MR) is 110 cm³/mol. The number of nitrogens with two attached hydrogens (primary N) is 1. The first kappa shape index (κ1) is 20.5. The number of nitrogen functional groups attached to an aromatic ring is 1. The first-order valence-electron chi connectivity index (χ1n) is 8.60. The lowest BCUT2D eigenvalue weighted by Gasteiger charge is -2.26. The van der Waals surface area contributed by atoms with Crippen LogP contribution in [0.4, 0.5) is 5.69 Å². The van der Waals surface area contributed by atoms with Crippen molar-refractivity contribution in [1.82, 2.24) is 5.32 Å². The van der Waals surface area contributed by atoms with Crippen molar-refractivity contribution >= 4 is 35.8 Å². The third kappa shape index (κ3) is 5.32. The summed E-state index contributed by atoms with van der Waals surface area (Å²) >= 11 is 1.68. The van der Waals surface area contributed by atoms with Crippen molar-refractivity contribution in [3.8, 4) is 5.75 Å². The highest BCUT2D eigenvalue weighted by Crippen LogP contribution is 2.31. The molecule has 0 fully saturated rings. The Labute approximate surface area is 165 Å². The van der Waals surface area contributed by atoms with E-state index in [9.17, 15) is 4.79 Å². The summed E-state index contributed by atoms with van der Waals surface area (Å²) in [6.07, 6.45) is 3.63. The lowest BCUT2D eigenvalue weighted by atomic mass is 9.87. The molecule has 1 aliphatic rings. The molecular formula is C20H25ClN2O2S. The summed E-state index contributed by atoms with van der Waals surface area (Å²) < 4.78 is 5.15. The van der Waals surface area contributed by atoms with E-state index in [1.54, 1.807) is 18.9 Å². The number of halogens is 1. The molecule has 2 aromatic rings. The third-order valence-corrected chi connectivity index (χ3v) is 5.49. The van der Waals surface area contributed by atoms with Crippen LogP contribution < -0.4 is 15.8 Å². The average Bonchev–Trinajstić information content (AvgIpc) is 2.62. The number of rotatable bonds is 6. The van der Waals surface area contributed by atoms with Crippen molar-refractivity contribution in [2.75, 3.05) is 18.6 Å². The van der Waals surface area contributed by atoms with Gasteiger partial charge in [0.05, 0.1) is 13.2 Å². The number of carbonyl (C=O) groups is 1. The summed E-state index contributed by atoms with van der Waals surface area (Å²) in [4.78, 5) is 13.5. The van der Waals surface area contributed by atoms with Crippen molar-refractivity contribution in [3.63, 3.8) is 0 Å². The van der Waals surface area contributed by atoms with Gasteiger partial charge in [-0.3, -0.25) is 4.79 Å². The Balaban J connectivity index is 0.00000243. The quantitative estimate of drug-likeness (QED) is 0.565. The van der Waals surface area contributed by atoms with Crippen LogP contribution in [0.15, 0.2) is 47.4 Å². The van der Waals surface area contributed by atoms with Crippen LogP contribution in [0.2, 0.25) is 0 Å². The van der Waals surface area contributed by atoms with E-state index in [0.29, 0.717) is 6.42 Å². The van der Waals surface area contributed by atoms with Gasteiger partial charge in [-0.15, -0.1) is 24.2 Å². The minimum atomic E-state index is 0. The maximum absolute atomic E-state index is 12.3. The van der Waals surface area contributed by atoms with Gasteiger partial charge >= 0.3 is 0 Å². The van der Waals surface area contributed by atoms with E-state index in [4.69, 9.17) is 10.5 Å². The fourth-order valence-electron chi connectivity index (χ4n) is 3.18. The van der Waals surface area contributed by atoms with Gasteiger partial charge in [0.2, 0.25) is 5.91 Å². The zero-order valence-corrected chi connectivity index (χ0v) is 16.5. The number of aryl methyl sites for hydroxylation is 1. The summed E-state index contributed by atoms with van der Waals surface area (Å²) in [5.41, 5.74) is 9.15. The zero-order valence-electron chi connectivity index (χ0n) is 14.9. The minimum Gasteiger partial charge on any atom is -0.497 e. The SMILES string of the molecule is COc1ccc(SCCC(=O)NC2CCCc3cc(N)ccc32)cc1.Cl. The number of thioether (sulfide) groups is 1. The number of methoxy groups -OCH3 is 1. The van der Waals surface area contributed by atoms with Crippen molar-refractivity contribution in [3.05, 3.63) is 53.6 Å². The Morgan fingerprint density at radius 3 is 2.77 bits per heavy atom. The monoisotopic (exact) mass is 392 g/mol. The number of benzene rings is 2. The molecule has 1 atom stereocenters. The lowest BCUT2D eigenvalue weighted by Crippen LogP contribution is -2.31. The van der Waals surface area contributed by atoms with Crippen LogP contribution >= 0.6 is 24.2 Å². The average molecular weight is 393 g/mol. The van der Waals surface area contributed by atoms with Crippen LogP contribution in [0, 0.1) is 0 Å². The fourth-order valence-corrected chi connectivity index (χ4v) is 4.04. The van der Waals surface area contributed by atoms with Gasteiger partial charge in [0.15, 0.2) is 0 Å². The number of nitrogens with one attached hydrogen (secondary N) is 1. The van der Waals surface area contributed by atoms with Crippen LogP contribution in [0.3, 0.4) is 0 Å². The summed E-state index contributed by atoms with van der Waals surface area (Å²) in [6, 6.07) is 14.0. The maximum Gasteiger partial charge on any atom is 0.221 e. The van der Waals surface area contributed by atoms with E-state index in [2.05, 4.69) is 11.4 Å². The van der Waals surface area contributed by atoms with Crippen LogP contribution in [-0.4, -0.2) is 18.8 Å². The van der Waals surface area contributed by atoms with Gasteiger partial charge in [-0.2, -0.15) is 0 Å². The number of carbonyl (C=O) groups excluding carboxylic acids is 1. The van der Waals surface area contributed by atoms with Crippen molar-refractivity contribution in [2.45, 2.75) is 36.6 Å². The van der Waals surface area contributed by atoms with Gasteiger partial charge in [-0.1, -0.05) is 6.07 Å². The van der Waals surface area contributed by atoms with Gasteiger partial charge in [0.25, 0.3) is 0 Å². The molecular weight excluding hydrogens is 368 g/mol. The minimum absolute atomic E-state index is 0. The second-order valence-electron chi connectivity index (χ2n) is 6.24. The lowest BCUT2D eigenvalue weighted by molar-refractivity contribution is -0.121. The van der Waals surface area contributed by atoms with Gasteiger partial charge in [0, 0.05) is 22.8 Å². The molecule has 140 valence electrons. The van der Waals surface area contributed by atoms with E-state index >= 15 is 0 Å². The molecule has 26 heavy (non-hydrogen) atoms. The molecule has 0 radical (unpaired) electrons. The Hall–Kier alpha value is -1.85. The van der Waals surface area contributed by atoms with Gasteiger partial charge < -0.3 is 15.8 Å². The predicted octanol–water partition coefficient (Wildman–Crippen LogP) is 4.38. The van der Waals surface area contributed by atoms with Gasteiger partial charge in [0.1, 0.15) is 5.75 Å². The topological polar surface area (TPSA) is 64.3 Å². The van der Waals surface area contributed by atoms with Crippen molar-refractivity contribution < 1.29 is 9.53 Å². The molecule has 6 heteroatoms. The highest BCUT2D eigenvalue weighted by atomic mass is 35.5. The standard InChI is InChI=1S/C20H24N2O2S.ClH/c1-24-16-6-8-17(9-7-16)25-12-11-20(23)22-19-4-2-3-14-13-15(21)5-10-18(14)19;/h5-10,13,19H,2-4,11-12,21H2,1H3,(H,22,23);1H. The highest BCUT2D eigenvalue weighted by molar-refractivity contribution is 7.99. The first-order valence-corrected chi connectivity index (χ1v) is 9.59. The number of fused-ring (bicyclic) bond motifs is 1. The molecule has 0 spiro atoms. The summed E-state index contributed by atoms with van der Waals surface area (Å²) in [5, 5.41) is 3.19. The first-order chi connectivity index (χ1) is 12.2. The Morgan fingerprint density at radius 2 is 2.04 bits per heavy atom. The third-order valence-electron chi connectivity index (χ3n) is 4.47. The Kier molecular flexibility index (Phi) is 7.66. The summed E-state index contributed by atoms with van der Waals surface area (Å²) in [5.74, 6) is 1.72. The molecule has 3 rings (SSSR count). The van der Waals surface area contributed by atoms with Crippen LogP contribution in [0.5, 0.6) is 5.75 Å². The molecule has 2 aromatic carbocycles. The van der Waals surface area contributed by atoms with E-state index in [-0.39, 0.29) is 24.4 Å². The molecule has 3 N–H and O–H groups in total. The van der Waals surface area contributed by atoms with Crippen LogP contribution in [0.1, 0.15) is 36.4 Å². The zero-order chi connectivity index (χ0) is 17.6. The maximum atomic E-state index is 12.3. The summed E-state index contributed by atoms with van der Waals surface area (Å²) in [7, 11) is 1.66. The molecule has 1 amide bonds. The van der Waals surface area contributed by atoms with Gasteiger partial charge in [-0.25, -0.2) is 0 Å². The molecule has 0 bridgehead atoms. The number of hydrogen-bond donors (Lipinski definition) is 2. The van der Waals surface area contributed by atoms with Crippen molar-refractivity contribution in [2.24, 2.45) is 0 Å². The second-order valence-corrected chi connectivity index (χ2v) is 7.41. The fraction of sp³-hybridized carbons (Fsp3) is 0.350. The van der Waals surface area contributed by atoms with Crippen LogP contribution in [0.25, 0.3) is 0 Å². The van der Waals surface area contributed by atoms with E-state index in [1.807, 2.05) is 36.4 Å². The van der Waals surface area contributed by atoms with Crippen molar-refractivity contribution in [1.29, 1.82) is 0 Å². The molecule has 1 aliphatic carbocycles. The largest absolute Gasteiger partial charge is 0.497 e. The smallest absolute Gasteiger partial charge is 0.221 e. The molecule has 0 aliphatic heterocycles. The van der Waals surface area contributed by atoms with E-state index in [1.165, 1.54) is 11.1 Å². The molecule has 0 aromatic heterocycles. The number of amides is 1. The van der Waals surface area contributed by atoms with E-state index in [0.717, 1.165) is 41.3 Å². The molecule has 0 saturated carbocycles. The summed E-state index contributed by atoms with van der Waals surface area (Å²) in [6.45, 7) is 0. The highest BCUT2D eigenvalue weighted by Gasteiger charge is 2.21. The normalized spacial score (nSPS) is 15.5. The number of hydrogen-bond acceptors (Lipinski definition) is 4. The molecule has 0 heterocycles. The number of anilines is 1. The Bertz CT molecular complexity index is 737. The Morgan fingerprint density at radius 1 is 1.27 bits per heavy atom. The number of ether oxygens (including phenoxy) is 1. The molecule has 1 unspecified atom stereocenters. The van der Waals surface area contributed by atoms with Crippen LogP contribution in [-0.2, 0) is 11.2 Å². The van der Waals surface area contributed by atoms with Gasteiger partial charge in [-0.05, 0) is 66.8 Å².